The van der Waals surface area contributed by atoms with E-state index in [1.54, 1.807) is 6.20 Å². The molecular weight excluding hydrogens is 212 g/mol. The summed E-state index contributed by atoms with van der Waals surface area (Å²) < 4.78 is 1.89. The van der Waals surface area contributed by atoms with Gasteiger partial charge in [-0.1, -0.05) is 19.3 Å². The molecule has 0 saturated heterocycles. The fraction of sp³-hybridized carbons (Fsp3) is 0.538. The first-order valence-corrected chi connectivity index (χ1v) is 6.41. The number of hydrogen-bond donors (Lipinski definition) is 1. The summed E-state index contributed by atoms with van der Waals surface area (Å²) in [5, 5.41) is 7.93. The maximum absolute atomic E-state index is 4.45. The molecule has 0 bridgehead atoms. The summed E-state index contributed by atoms with van der Waals surface area (Å²) in [6.07, 6.45) is 8.39. The minimum absolute atomic E-state index is 0.595. The number of rotatable bonds is 2. The highest BCUT2D eigenvalue weighted by atomic mass is 15.3. The highest BCUT2D eigenvalue weighted by Gasteiger charge is 2.14. The van der Waals surface area contributed by atoms with Gasteiger partial charge in [-0.3, -0.25) is 0 Å². The van der Waals surface area contributed by atoms with Gasteiger partial charge in [-0.25, -0.2) is 4.98 Å². The Morgan fingerprint density at radius 3 is 2.94 bits per heavy atom. The van der Waals surface area contributed by atoms with Crippen LogP contribution in [0.2, 0.25) is 0 Å². The molecule has 1 fully saturated rings. The summed E-state index contributed by atoms with van der Waals surface area (Å²) in [4.78, 5) is 4.45. The molecule has 3 rings (SSSR count). The molecule has 0 atom stereocenters. The first kappa shape index (κ1) is 10.6. The van der Waals surface area contributed by atoms with E-state index >= 15 is 0 Å². The fourth-order valence-electron chi connectivity index (χ4n) is 2.60. The Morgan fingerprint density at radius 1 is 1.29 bits per heavy atom. The number of aromatic nitrogens is 3. The molecule has 0 aromatic carbocycles. The zero-order valence-corrected chi connectivity index (χ0v) is 10.2. The Hall–Kier alpha value is -1.58. The Balaban J connectivity index is 1.90. The standard InChI is InChI=1S/C13H18N4/c1-10-9-13(16-11-5-3-2-4-6-11)17-12(15-10)7-8-14-17/h7-9,11,16H,2-6H2,1H3. The van der Waals surface area contributed by atoms with Crippen molar-refractivity contribution >= 4 is 11.5 Å². The Kier molecular flexibility index (Phi) is 2.71. The molecule has 4 nitrogen and oxygen atoms in total. The number of nitrogens with one attached hydrogen (secondary N) is 1. The molecule has 0 aliphatic heterocycles. The zero-order valence-electron chi connectivity index (χ0n) is 10.2. The van der Waals surface area contributed by atoms with Crippen LogP contribution in [0, 0.1) is 6.92 Å². The van der Waals surface area contributed by atoms with Crippen LogP contribution in [0.25, 0.3) is 5.65 Å². The van der Waals surface area contributed by atoms with Gasteiger partial charge in [-0.2, -0.15) is 9.61 Å². The molecule has 1 saturated carbocycles. The van der Waals surface area contributed by atoms with E-state index in [-0.39, 0.29) is 0 Å². The normalized spacial score (nSPS) is 17.5. The van der Waals surface area contributed by atoms with Gasteiger partial charge in [0.05, 0.1) is 6.20 Å². The average molecular weight is 230 g/mol. The molecule has 1 N–H and O–H groups in total. The van der Waals surface area contributed by atoms with Crippen LogP contribution >= 0.6 is 0 Å². The van der Waals surface area contributed by atoms with E-state index in [0.717, 1.165) is 17.2 Å². The van der Waals surface area contributed by atoms with Crippen molar-refractivity contribution < 1.29 is 0 Å². The van der Waals surface area contributed by atoms with E-state index in [9.17, 15) is 0 Å². The molecule has 1 aliphatic carbocycles. The van der Waals surface area contributed by atoms with Crippen molar-refractivity contribution in [3.05, 3.63) is 24.0 Å². The first-order chi connectivity index (χ1) is 8.33. The summed E-state index contributed by atoms with van der Waals surface area (Å²) in [5.74, 6) is 1.07. The minimum Gasteiger partial charge on any atom is -0.367 e. The smallest absolute Gasteiger partial charge is 0.157 e. The van der Waals surface area contributed by atoms with Crippen LogP contribution in [0.15, 0.2) is 18.3 Å². The molecule has 2 aromatic rings. The van der Waals surface area contributed by atoms with Gasteiger partial charge in [0.15, 0.2) is 5.65 Å². The van der Waals surface area contributed by atoms with E-state index in [4.69, 9.17) is 0 Å². The average Bonchev–Trinajstić information content (AvgIpc) is 2.78. The Bertz CT molecular complexity index is 511. The third-order valence-corrected chi connectivity index (χ3v) is 3.44. The highest BCUT2D eigenvalue weighted by Crippen LogP contribution is 2.22. The van der Waals surface area contributed by atoms with Gasteiger partial charge < -0.3 is 5.32 Å². The van der Waals surface area contributed by atoms with Gasteiger partial charge in [0.2, 0.25) is 0 Å². The van der Waals surface area contributed by atoms with Crippen molar-refractivity contribution in [1.29, 1.82) is 0 Å². The quantitative estimate of drug-likeness (QED) is 0.862. The summed E-state index contributed by atoms with van der Waals surface area (Å²) in [6.45, 7) is 2.03. The predicted octanol–water partition coefficient (Wildman–Crippen LogP) is 2.78. The second-order valence-electron chi connectivity index (χ2n) is 4.86. The monoisotopic (exact) mass is 230 g/mol. The summed E-state index contributed by atoms with van der Waals surface area (Å²) in [6, 6.07) is 4.62. The zero-order chi connectivity index (χ0) is 11.7. The van der Waals surface area contributed by atoms with E-state index < -0.39 is 0 Å². The molecule has 0 spiro atoms. The third kappa shape index (κ3) is 2.12. The lowest BCUT2D eigenvalue weighted by atomic mass is 9.95. The number of hydrogen-bond acceptors (Lipinski definition) is 3. The topological polar surface area (TPSA) is 42.2 Å². The van der Waals surface area contributed by atoms with Crippen molar-refractivity contribution in [3.8, 4) is 0 Å². The van der Waals surface area contributed by atoms with Gasteiger partial charge in [-0.05, 0) is 19.8 Å². The Morgan fingerprint density at radius 2 is 2.12 bits per heavy atom. The second-order valence-corrected chi connectivity index (χ2v) is 4.86. The lowest BCUT2D eigenvalue weighted by Gasteiger charge is -2.24. The van der Waals surface area contributed by atoms with Gasteiger partial charge in [0.25, 0.3) is 0 Å². The van der Waals surface area contributed by atoms with E-state index in [2.05, 4.69) is 21.5 Å². The first-order valence-electron chi connectivity index (χ1n) is 6.41. The van der Waals surface area contributed by atoms with Crippen LogP contribution < -0.4 is 5.32 Å². The molecule has 0 radical (unpaired) electrons. The van der Waals surface area contributed by atoms with E-state index in [1.165, 1.54) is 32.1 Å². The summed E-state index contributed by atoms with van der Waals surface area (Å²) >= 11 is 0. The molecule has 4 heteroatoms. The predicted molar refractivity (Wildman–Crippen MR) is 68.2 cm³/mol. The largest absolute Gasteiger partial charge is 0.367 e. The van der Waals surface area contributed by atoms with Crippen molar-refractivity contribution in [1.82, 2.24) is 14.6 Å². The van der Waals surface area contributed by atoms with Crippen LogP contribution in [-0.4, -0.2) is 20.6 Å². The highest BCUT2D eigenvalue weighted by molar-refractivity contribution is 5.49. The molecule has 90 valence electrons. The third-order valence-electron chi connectivity index (χ3n) is 3.44. The number of aryl methyl sites for hydroxylation is 1. The molecule has 2 heterocycles. The second kappa shape index (κ2) is 4.35. The lowest BCUT2D eigenvalue weighted by Crippen LogP contribution is -2.23. The van der Waals surface area contributed by atoms with Gasteiger partial charge in [0, 0.05) is 23.9 Å². The maximum Gasteiger partial charge on any atom is 0.157 e. The lowest BCUT2D eigenvalue weighted by molar-refractivity contribution is 0.461. The van der Waals surface area contributed by atoms with Crippen LogP contribution in [0.4, 0.5) is 5.82 Å². The van der Waals surface area contributed by atoms with Gasteiger partial charge in [0.1, 0.15) is 5.82 Å². The molecule has 17 heavy (non-hydrogen) atoms. The van der Waals surface area contributed by atoms with Crippen LogP contribution in [0.1, 0.15) is 37.8 Å². The number of nitrogens with zero attached hydrogens (tertiary/aromatic N) is 3. The van der Waals surface area contributed by atoms with Crippen LogP contribution in [0.5, 0.6) is 0 Å². The van der Waals surface area contributed by atoms with Crippen molar-refractivity contribution in [2.24, 2.45) is 0 Å². The molecule has 0 unspecified atom stereocenters. The van der Waals surface area contributed by atoms with Gasteiger partial charge in [-0.15, -0.1) is 0 Å². The van der Waals surface area contributed by atoms with E-state index in [0.29, 0.717) is 6.04 Å². The molecule has 0 amide bonds. The van der Waals surface area contributed by atoms with Crippen LogP contribution in [-0.2, 0) is 0 Å². The molecule has 2 aromatic heterocycles. The van der Waals surface area contributed by atoms with Crippen molar-refractivity contribution in [2.45, 2.75) is 45.1 Å². The maximum atomic E-state index is 4.45. The number of fused-ring (bicyclic) bond motifs is 1. The molecule has 1 aliphatic rings. The number of anilines is 1. The Labute approximate surface area is 101 Å². The van der Waals surface area contributed by atoms with Gasteiger partial charge >= 0.3 is 0 Å². The summed E-state index contributed by atoms with van der Waals surface area (Å²) in [5.41, 5.74) is 1.96. The minimum atomic E-state index is 0.595. The van der Waals surface area contributed by atoms with Crippen LogP contribution in [0.3, 0.4) is 0 Å². The summed E-state index contributed by atoms with van der Waals surface area (Å²) in [7, 11) is 0. The van der Waals surface area contributed by atoms with Crippen molar-refractivity contribution in [3.63, 3.8) is 0 Å². The fourth-order valence-corrected chi connectivity index (χ4v) is 2.60. The van der Waals surface area contributed by atoms with Crippen molar-refractivity contribution in [2.75, 3.05) is 5.32 Å². The molecular formula is C13H18N4. The SMILES string of the molecule is Cc1cc(NC2CCCCC2)n2nccc2n1. The van der Waals surface area contributed by atoms with E-state index in [1.807, 2.05) is 17.5 Å².